The molecule has 0 amide bonds. The lowest BCUT2D eigenvalue weighted by Gasteiger charge is -2.39. The molecule has 158 valence electrons. The van der Waals surface area contributed by atoms with Gasteiger partial charge in [0.2, 0.25) is 0 Å². The maximum atomic E-state index is 15.5. The van der Waals surface area contributed by atoms with Crippen LogP contribution in [0.25, 0.3) is 0 Å². The standard InChI is InChI=1S/C24H34F4/c1-2-3-4-7-18-9-11-19(12-10-18)20-13-15-21(16-14-20)23(25)17-6-5-8-22(23)24(26,27)28/h5-6,8,15,18-20H,2-4,7,9-14,16-17H2,1H3. The van der Waals surface area contributed by atoms with E-state index >= 15 is 4.39 Å². The maximum Gasteiger partial charge on any atom is 0.416 e. The lowest BCUT2D eigenvalue weighted by molar-refractivity contribution is -0.107. The molecule has 2 unspecified atom stereocenters. The molecule has 1 fully saturated rings. The van der Waals surface area contributed by atoms with Crippen LogP contribution in [0.2, 0.25) is 0 Å². The molecule has 0 aromatic heterocycles. The Kier molecular flexibility index (Phi) is 7.09. The number of hydrogen-bond acceptors (Lipinski definition) is 0. The summed E-state index contributed by atoms with van der Waals surface area (Å²) in [7, 11) is 0. The second-order valence-electron chi connectivity index (χ2n) is 9.05. The molecule has 0 heterocycles. The first-order valence-corrected chi connectivity index (χ1v) is 11.2. The van der Waals surface area contributed by atoms with Gasteiger partial charge in [-0.3, -0.25) is 0 Å². The predicted molar refractivity (Wildman–Crippen MR) is 107 cm³/mol. The van der Waals surface area contributed by atoms with E-state index in [1.807, 2.05) is 0 Å². The Bertz CT molecular complexity index is 605. The van der Waals surface area contributed by atoms with Crippen LogP contribution in [0.3, 0.4) is 0 Å². The highest BCUT2D eigenvalue weighted by Crippen LogP contribution is 2.49. The zero-order chi connectivity index (χ0) is 20.2. The summed E-state index contributed by atoms with van der Waals surface area (Å²) in [6.45, 7) is 2.24. The number of unbranched alkanes of at least 4 members (excludes halogenated alkanes) is 2. The van der Waals surface area contributed by atoms with Gasteiger partial charge < -0.3 is 0 Å². The van der Waals surface area contributed by atoms with E-state index in [-0.39, 0.29) is 6.42 Å². The summed E-state index contributed by atoms with van der Waals surface area (Å²) in [6.07, 6.45) is 13.1. The van der Waals surface area contributed by atoms with Crippen LogP contribution in [0.4, 0.5) is 17.6 Å². The Hall–Kier alpha value is -1.06. The van der Waals surface area contributed by atoms with Crippen LogP contribution < -0.4 is 0 Å². The van der Waals surface area contributed by atoms with Crippen molar-refractivity contribution >= 4 is 0 Å². The van der Waals surface area contributed by atoms with E-state index in [2.05, 4.69) is 6.92 Å². The summed E-state index contributed by atoms with van der Waals surface area (Å²) in [4.78, 5) is 0. The van der Waals surface area contributed by atoms with Crippen molar-refractivity contribution in [2.24, 2.45) is 17.8 Å². The van der Waals surface area contributed by atoms with Crippen molar-refractivity contribution in [3.8, 4) is 0 Å². The van der Waals surface area contributed by atoms with E-state index in [0.717, 1.165) is 24.8 Å². The highest BCUT2D eigenvalue weighted by Gasteiger charge is 2.51. The van der Waals surface area contributed by atoms with Gasteiger partial charge in [-0.05, 0) is 55.4 Å². The van der Waals surface area contributed by atoms with E-state index in [1.54, 1.807) is 6.08 Å². The summed E-state index contributed by atoms with van der Waals surface area (Å²) in [5.74, 6) is 2.04. The second kappa shape index (κ2) is 9.17. The minimum Gasteiger partial charge on any atom is -0.233 e. The van der Waals surface area contributed by atoms with E-state index in [1.165, 1.54) is 63.5 Å². The van der Waals surface area contributed by atoms with Crippen LogP contribution in [0.1, 0.15) is 84.0 Å². The Morgan fingerprint density at radius 2 is 1.79 bits per heavy atom. The van der Waals surface area contributed by atoms with Gasteiger partial charge in [-0.2, -0.15) is 13.2 Å². The Labute approximate surface area is 167 Å². The number of hydrogen-bond donors (Lipinski definition) is 0. The molecule has 0 bridgehead atoms. The van der Waals surface area contributed by atoms with Crippen molar-refractivity contribution in [3.05, 3.63) is 35.5 Å². The van der Waals surface area contributed by atoms with Crippen molar-refractivity contribution < 1.29 is 17.6 Å². The van der Waals surface area contributed by atoms with Gasteiger partial charge >= 0.3 is 6.18 Å². The number of allylic oxidation sites excluding steroid dienone is 6. The number of alkyl halides is 4. The van der Waals surface area contributed by atoms with Gasteiger partial charge in [0, 0.05) is 6.42 Å². The largest absolute Gasteiger partial charge is 0.416 e. The van der Waals surface area contributed by atoms with Crippen LogP contribution in [0.15, 0.2) is 35.5 Å². The van der Waals surface area contributed by atoms with Gasteiger partial charge in [0.05, 0.1) is 5.57 Å². The topological polar surface area (TPSA) is 0 Å². The fourth-order valence-corrected chi connectivity index (χ4v) is 5.53. The van der Waals surface area contributed by atoms with Gasteiger partial charge in [0.15, 0.2) is 5.67 Å². The Morgan fingerprint density at radius 1 is 1.04 bits per heavy atom. The third-order valence-electron chi connectivity index (χ3n) is 7.26. The highest BCUT2D eigenvalue weighted by atomic mass is 19.4. The molecule has 0 saturated heterocycles. The van der Waals surface area contributed by atoms with E-state index in [9.17, 15) is 13.2 Å². The van der Waals surface area contributed by atoms with Crippen molar-refractivity contribution in [3.63, 3.8) is 0 Å². The summed E-state index contributed by atoms with van der Waals surface area (Å²) < 4.78 is 55.5. The quantitative estimate of drug-likeness (QED) is 0.240. The van der Waals surface area contributed by atoms with Crippen LogP contribution in [-0.4, -0.2) is 11.8 Å². The normalized spacial score (nSPS) is 34.1. The van der Waals surface area contributed by atoms with E-state index in [0.29, 0.717) is 23.8 Å². The molecule has 0 N–H and O–H groups in total. The molecule has 1 saturated carbocycles. The van der Waals surface area contributed by atoms with Crippen LogP contribution in [0, 0.1) is 17.8 Å². The Balaban J connectivity index is 1.56. The second-order valence-corrected chi connectivity index (χ2v) is 9.05. The molecule has 0 aliphatic heterocycles. The van der Waals surface area contributed by atoms with Crippen LogP contribution in [0.5, 0.6) is 0 Å². The number of rotatable bonds is 6. The molecule has 0 aromatic rings. The molecule has 0 spiro atoms. The molecule has 2 atom stereocenters. The Morgan fingerprint density at radius 3 is 2.39 bits per heavy atom. The SMILES string of the molecule is CCCCCC1CCC(C2CC=C(C3(F)CC=CC=C3C(F)(F)F)CC2)CC1. The van der Waals surface area contributed by atoms with Crippen molar-refractivity contribution in [1.29, 1.82) is 0 Å². The minimum atomic E-state index is -4.62. The summed E-state index contributed by atoms with van der Waals surface area (Å²) in [5, 5.41) is 0. The van der Waals surface area contributed by atoms with Gasteiger partial charge in [0.25, 0.3) is 0 Å². The first-order valence-electron chi connectivity index (χ1n) is 11.2. The first kappa shape index (κ1) is 21.6. The van der Waals surface area contributed by atoms with Crippen molar-refractivity contribution in [1.82, 2.24) is 0 Å². The molecule has 0 radical (unpaired) electrons. The van der Waals surface area contributed by atoms with Gasteiger partial charge in [0.1, 0.15) is 0 Å². The average Bonchev–Trinajstić information content (AvgIpc) is 2.68. The summed E-state index contributed by atoms with van der Waals surface area (Å²) >= 11 is 0. The molecular weight excluding hydrogens is 364 g/mol. The summed E-state index contributed by atoms with van der Waals surface area (Å²) in [5.41, 5.74) is -3.04. The van der Waals surface area contributed by atoms with Crippen LogP contribution >= 0.6 is 0 Å². The highest BCUT2D eigenvalue weighted by molar-refractivity contribution is 5.42. The third kappa shape index (κ3) is 4.91. The zero-order valence-electron chi connectivity index (χ0n) is 17.0. The van der Waals surface area contributed by atoms with Crippen LogP contribution in [-0.2, 0) is 0 Å². The monoisotopic (exact) mass is 398 g/mol. The lowest BCUT2D eigenvalue weighted by atomic mass is 9.68. The predicted octanol–water partition coefficient (Wildman–Crippen LogP) is 8.26. The zero-order valence-corrected chi connectivity index (χ0v) is 17.0. The molecule has 3 rings (SSSR count). The van der Waals surface area contributed by atoms with Crippen molar-refractivity contribution in [2.75, 3.05) is 0 Å². The summed E-state index contributed by atoms with van der Waals surface area (Å²) in [6, 6.07) is 0. The molecule has 0 aromatic carbocycles. The van der Waals surface area contributed by atoms with Gasteiger partial charge in [-0.25, -0.2) is 4.39 Å². The first-order chi connectivity index (χ1) is 13.3. The lowest BCUT2D eigenvalue weighted by Crippen LogP contribution is -2.38. The fourth-order valence-electron chi connectivity index (χ4n) is 5.53. The number of halogens is 4. The molecular formula is C24H34F4. The molecule has 3 aliphatic rings. The molecule has 28 heavy (non-hydrogen) atoms. The van der Waals surface area contributed by atoms with E-state index < -0.39 is 17.4 Å². The minimum absolute atomic E-state index is 0.197. The maximum absolute atomic E-state index is 15.5. The molecule has 3 aliphatic carbocycles. The van der Waals surface area contributed by atoms with Gasteiger partial charge in [-0.1, -0.05) is 69.8 Å². The smallest absolute Gasteiger partial charge is 0.233 e. The van der Waals surface area contributed by atoms with Gasteiger partial charge in [-0.15, -0.1) is 0 Å². The average molecular weight is 399 g/mol. The van der Waals surface area contributed by atoms with E-state index in [4.69, 9.17) is 0 Å². The fraction of sp³-hybridized carbons (Fsp3) is 0.750. The molecule has 0 nitrogen and oxygen atoms in total. The third-order valence-corrected chi connectivity index (χ3v) is 7.26. The molecule has 4 heteroatoms. The van der Waals surface area contributed by atoms with Crippen molar-refractivity contribution in [2.45, 2.75) is 95.8 Å².